The molecule has 0 fully saturated rings. The summed E-state index contributed by atoms with van der Waals surface area (Å²) in [5.74, 6) is -0.485. The molecule has 0 unspecified atom stereocenters. The number of aromatic hydroxyl groups is 1. The van der Waals surface area contributed by atoms with Crippen molar-refractivity contribution in [2.75, 3.05) is 0 Å². The molecule has 7 aromatic carbocycles. The number of hydrogen-bond donors (Lipinski definition) is 1. The number of para-hydroxylation sites is 1. The van der Waals surface area contributed by atoms with E-state index < -0.39 is 72.4 Å². The van der Waals surface area contributed by atoms with Crippen molar-refractivity contribution >= 4 is 11.0 Å². The molecule has 0 amide bonds. The summed E-state index contributed by atoms with van der Waals surface area (Å²) >= 11 is 0. The van der Waals surface area contributed by atoms with E-state index in [1.165, 1.54) is 12.3 Å². The third-order valence-corrected chi connectivity index (χ3v) is 13.1. The maximum atomic E-state index is 12.8. The van der Waals surface area contributed by atoms with Gasteiger partial charge in [0.2, 0.25) is 0 Å². The van der Waals surface area contributed by atoms with Gasteiger partial charge in [0.1, 0.15) is 11.6 Å². The number of aromatic nitrogens is 3. The average Bonchev–Trinajstić information content (AvgIpc) is 0.755. The molecule has 0 atom stereocenters. The van der Waals surface area contributed by atoms with Gasteiger partial charge < -0.3 is 5.11 Å². The predicted octanol–water partition coefficient (Wildman–Crippen LogP) is 18.2. The molecule has 9 aromatic rings. The molecule has 0 spiro atoms. The fourth-order valence-electron chi connectivity index (χ4n) is 9.11. The van der Waals surface area contributed by atoms with Crippen LogP contribution in [0, 0.1) is 6.07 Å². The number of phenolic OH excluding ortho intramolecular Hbond substituents is 1. The molecule has 0 aliphatic rings. The first kappa shape index (κ1) is 36.5. The van der Waals surface area contributed by atoms with Crippen LogP contribution in [-0.2, 0) is 42.7 Å². The summed E-state index contributed by atoms with van der Waals surface area (Å²) in [5, 5.41) is 12.8. The Morgan fingerprint density at radius 2 is 1.18 bits per heavy atom. The smallest absolute Gasteiger partial charge is 0.148 e. The van der Waals surface area contributed by atoms with Crippen LogP contribution in [0.2, 0.25) is 0 Å². The van der Waals surface area contributed by atoms with E-state index in [1.807, 2.05) is 111 Å². The third-order valence-electron chi connectivity index (χ3n) is 13.1. The molecular weight excluding hydrogens is 1060 g/mol. The molecule has 5 heteroatoms. The Hall–Kier alpha value is -6.35. The number of phenols is 1. The van der Waals surface area contributed by atoms with Gasteiger partial charge in [0.25, 0.3) is 0 Å². The Balaban J connectivity index is 0.00000961. The molecule has 2 heterocycles. The Labute approximate surface area is 463 Å². The standard InChI is InChI=1S/C67H70N3O.Pt/c1-42(2)53-40-55(45-24-19-16-20-25-45)60(41-54(53)44-22-17-15-18-23-44)70-59-27-21-26-52(61(59)69-63(70)56-38-51(66(9,10)11)39-57(62(56)71)67(12,13)14)47-34-48(36-50(35-47)65(6,7)8)58-37-46(32-33-68-58)43-28-30-49(31-29-43)64(3,4)5;/h15-33,35-42,71H,1-14H3;/q-1;/i3D3,4D3,5D3,28D,29D,30D,31D,42D;. The first-order chi connectivity index (χ1) is 39.2. The van der Waals surface area contributed by atoms with Crippen molar-refractivity contribution in [3.63, 3.8) is 0 Å². The monoisotopic (exact) mass is 1140 g/mol. The number of imidazole rings is 1. The van der Waals surface area contributed by atoms with Crippen molar-refractivity contribution in [3.8, 4) is 78.6 Å². The predicted molar refractivity (Wildman–Crippen MR) is 301 cm³/mol. The van der Waals surface area contributed by atoms with Crippen LogP contribution in [0.1, 0.15) is 150 Å². The van der Waals surface area contributed by atoms with Crippen LogP contribution < -0.4 is 0 Å². The molecule has 370 valence electrons. The largest absolute Gasteiger partial charge is 0.507 e. The van der Waals surface area contributed by atoms with E-state index in [2.05, 4.69) is 91.1 Å². The second kappa shape index (κ2) is 19.6. The minimum Gasteiger partial charge on any atom is -0.507 e. The maximum Gasteiger partial charge on any atom is 0.148 e. The zero-order valence-electron chi connectivity index (χ0n) is 56.8. The molecule has 0 aliphatic carbocycles. The van der Waals surface area contributed by atoms with Crippen LogP contribution in [0.3, 0.4) is 0 Å². The van der Waals surface area contributed by atoms with Crippen molar-refractivity contribution < 1.29 is 45.4 Å². The summed E-state index contributed by atoms with van der Waals surface area (Å²) in [5.41, 5.74) is 4.94. The number of fused-ring (bicyclic) bond motifs is 1. The molecule has 2 aromatic heterocycles. The van der Waals surface area contributed by atoms with Crippen molar-refractivity contribution in [1.82, 2.24) is 14.5 Å². The molecular formula is C67H70N3OPt-. The summed E-state index contributed by atoms with van der Waals surface area (Å²) in [7, 11) is 0. The summed E-state index contributed by atoms with van der Waals surface area (Å²) < 4.78 is 123. The second-order valence-electron chi connectivity index (χ2n) is 21.9. The van der Waals surface area contributed by atoms with E-state index in [0.717, 1.165) is 50.2 Å². The van der Waals surface area contributed by atoms with Gasteiger partial charge in [-0.15, -0.1) is 29.3 Å². The number of hydrogen-bond acceptors (Lipinski definition) is 3. The Morgan fingerprint density at radius 1 is 0.569 bits per heavy atom. The van der Waals surface area contributed by atoms with E-state index in [4.69, 9.17) is 25.0 Å². The quantitative estimate of drug-likeness (QED) is 0.154. The Kier molecular flexibility index (Phi) is 9.94. The van der Waals surface area contributed by atoms with Gasteiger partial charge >= 0.3 is 0 Å². The van der Waals surface area contributed by atoms with E-state index >= 15 is 0 Å². The Morgan fingerprint density at radius 3 is 1.78 bits per heavy atom. The van der Waals surface area contributed by atoms with Gasteiger partial charge in [-0.2, -0.15) is 0 Å². The van der Waals surface area contributed by atoms with Crippen molar-refractivity contribution in [3.05, 3.63) is 192 Å². The van der Waals surface area contributed by atoms with Gasteiger partial charge in [-0.25, -0.2) is 4.98 Å². The van der Waals surface area contributed by atoms with Crippen molar-refractivity contribution in [1.29, 1.82) is 0 Å². The molecule has 4 nitrogen and oxygen atoms in total. The topological polar surface area (TPSA) is 50.9 Å². The average molecular weight is 1140 g/mol. The van der Waals surface area contributed by atoms with Gasteiger partial charge in [-0.1, -0.05) is 217 Å². The van der Waals surface area contributed by atoms with E-state index in [0.29, 0.717) is 44.8 Å². The van der Waals surface area contributed by atoms with Crippen LogP contribution in [0.4, 0.5) is 0 Å². The van der Waals surface area contributed by atoms with Crippen LogP contribution in [0.5, 0.6) is 5.75 Å². The van der Waals surface area contributed by atoms with Gasteiger partial charge in [-0.3, -0.25) is 9.55 Å². The van der Waals surface area contributed by atoms with Gasteiger partial charge in [-0.05, 0) is 102 Å². The molecule has 72 heavy (non-hydrogen) atoms. The summed E-state index contributed by atoms with van der Waals surface area (Å²) in [6.45, 7) is 11.1. The van der Waals surface area contributed by atoms with E-state index in [9.17, 15) is 9.22 Å². The maximum absolute atomic E-state index is 12.8. The van der Waals surface area contributed by atoms with Crippen molar-refractivity contribution in [2.24, 2.45) is 0 Å². The number of pyridine rings is 1. The number of rotatable bonds is 8. The first-order valence-electron chi connectivity index (χ1n) is 31.1. The molecule has 9 rings (SSSR count). The van der Waals surface area contributed by atoms with Gasteiger partial charge in [0, 0.05) is 57.8 Å². The van der Waals surface area contributed by atoms with E-state index in [1.54, 1.807) is 6.07 Å². The van der Waals surface area contributed by atoms with Crippen LogP contribution in [0.15, 0.2) is 158 Å². The summed E-state index contributed by atoms with van der Waals surface area (Å²) in [6, 6.07) is 41.0. The molecule has 0 saturated heterocycles. The van der Waals surface area contributed by atoms with Gasteiger partial charge in [0.05, 0.1) is 27.8 Å². The molecule has 0 saturated carbocycles. The zero-order valence-corrected chi connectivity index (χ0v) is 45.1. The number of nitrogens with zero attached hydrogens (tertiary/aromatic N) is 3. The molecule has 1 N–H and O–H groups in total. The van der Waals surface area contributed by atoms with Crippen molar-refractivity contribution in [2.45, 2.75) is 124 Å². The molecule has 0 radical (unpaired) electrons. The fraction of sp³-hybridized carbons (Fsp3) is 0.284. The van der Waals surface area contributed by atoms with Crippen LogP contribution in [-0.4, -0.2) is 19.6 Å². The number of benzene rings is 7. The zero-order chi connectivity index (χ0) is 62.7. The summed E-state index contributed by atoms with van der Waals surface area (Å²) in [4.78, 5) is 10.4. The molecule has 0 aliphatic heterocycles. The first-order valence-corrected chi connectivity index (χ1v) is 24.1. The SMILES string of the molecule is [2H]c1c([2H])c(C(C([2H])([2H])[2H])(C([2H])([2H])[2H])C([2H])([2H])[2H])c([2H])c([2H])c1-c1ccnc(-c2[c-]c(-c3cccc4c3nc(-c3cc(C(C)(C)C)cc(C(C)(C)C)c3O)n4-c3cc(-c4ccccc4)c(C([2H])(C)C)cc3-c3ccccc3)cc(C(C)(C)C)c2)c1.[Pt]. The fourth-order valence-corrected chi connectivity index (χ4v) is 9.11. The second-order valence-corrected chi connectivity index (χ2v) is 21.9. The minimum absolute atomic E-state index is 0. The summed E-state index contributed by atoms with van der Waals surface area (Å²) in [6.07, 6.45) is 1.42. The normalized spacial score (nSPS) is 15.9. The van der Waals surface area contributed by atoms with E-state index in [-0.39, 0.29) is 43.4 Å². The van der Waals surface area contributed by atoms with Crippen LogP contribution >= 0.6 is 0 Å². The van der Waals surface area contributed by atoms with Gasteiger partial charge in [0.15, 0.2) is 0 Å². The Bertz CT molecular complexity index is 4000. The van der Waals surface area contributed by atoms with Crippen LogP contribution in [0.25, 0.3) is 83.9 Å². The third kappa shape index (κ3) is 10.3. The molecule has 0 bridgehead atoms. The minimum atomic E-state index is -3.83.